The monoisotopic (exact) mass is 326 g/mol. The van der Waals surface area contributed by atoms with Gasteiger partial charge in [0.25, 0.3) is 0 Å². The summed E-state index contributed by atoms with van der Waals surface area (Å²) in [5.74, 6) is -0.824. The Bertz CT molecular complexity index is 736. The van der Waals surface area contributed by atoms with Gasteiger partial charge in [-0.3, -0.25) is 0 Å². The maximum atomic E-state index is 14.5. The zero-order chi connectivity index (χ0) is 17.1. The number of allylic oxidation sites excluding steroid dienone is 1. The topological polar surface area (TPSA) is 0 Å². The highest BCUT2D eigenvalue weighted by Crippen LogP contribution is 2.36. The Morgan fingerprint density at radius 1 is 1.08 bits per heavy atom. The van der Waals surface area contributed by atoms with E-state index in [4.69, 9.17) is 0 Å². The summed E-state index contributed by atoms with van der Waals surface area (Å²) in [7, 11) is 0. The van der Waals surface area contributed by atoms with E-state index in [0.717, 1.165) is 31.2 Å². The van der Waals surface area contributed by atoms with Crippen molar-refractivity contribution in [3.8, 4) is 0 Å². The molecule has 0 aromatic heterocycles. The van der Waals surface area contributed by atoms with Gasteiger partial charge in [-0.05, 0) is 72.9 Å². The molecular formula is C22H24F2. The van der Waals surface area contributed by atoms with Crippen LogP contribution in [0.15, 0.2) is 36.4 Å². The lowest BCUT2D eigenvalue weighted by atomic mass is 9.79. The van der Waals surface area contributed by atoms with E-state index in [0.29, 0.717) is 6.42 Å². The number of hydrogen-bond donors (Lipinski definition) is 0. The minimum absolute atomic E-state index is 0.0688. The van der Waals surface area contributed by atoms with Crippen LogP contribution < -0.4 is 0 Å². The van der Waals surface area contributed by atoms with Gasteiger partial charge in [-0.25, -0.2) is 8.78 Å². The number of hydrogen-bond acceptors (Lipinski definition) is 0. The Morgan fingerprint density at radius 2 is 1.83 bits per heavy atom. The van der Waals surface area contributed by atoms with Crippen molar-refractivity contribution in [2.24, 2.45) is 0 Å². The van der Waals surface area contributed by atoms with Crippen molar-refractivity contribution < 1.29 is 8.78 Å². The van der Waals surface area contributed by atoms with Crippen LogP contribution in [0.2, 0.25) is 0 Å². The zero-order valence-corrected chi connectivity index (χ0v) is 14.4. The Balaban J connectivity index is 1.88. The fraction of sp³-hybridized carbons (Fsp3) is 0.364. The molecule has 2 aromatic rings. The van der Waals surface area contributed by atoms with E-state index >= 15 is 0 Å². The summed E-state index contributed by atoms with van der Waals surface area (Å²) in [6, 6.07) is 9.43. The molecule has 0 spiro atoms. The van der Waals surface area contributed by atoms with E-state index in [2.05, 4.69) is 24.3 Å². The summed E-state index contributed by atoms with van der Waals surface area (Å²) in [6.07, 6.45) is 8.10. The van der Waals surface area contributed by atoms with E-state index < -0.39 is 0 Å². The van der Waals surface area contributed by atoms with Gasteiger partial charge >= 0.3 is 0 Å². The molecule has 0 N–H and O–H groups in total. The molecule has 2 aromatic carbocycles. The van der Waals surface area contributed by atoms with Crippen molar-refractivity contribution in [2.75, 3.05) is 0 Å². The van der Waals surface area contributed by atoms with Crippen LogP contribution in [-0.4, -0.2) is 0 Å². The van der Waals surface area contributed by atoms with Crippen LogP contribution in [0.1, 0.15) is 60.4 Å². The SMILES string of the molecule is C/C=C/c1ccc2c(c1)CCC(c1c(F)cc(CCC)cc1F)C2. The third-order valence-corrected chi connectivity index (χ3v) is 4.90. The summed E-state index contributed by atoms with van der Waals surface area (Å²) in [5, 5.41) is 0. The Morgan fingerprint density at radius 3 is 2.50 bits per heavy atom. The Labute approximate surface area is 143 Å². The molecule has 1 aliphatic rings. The molecule has 24 heavy (non-hydrogen) atoms. The number of rotatable bonds is 4. The third kappa shape index (κ3) is 3.43. The molecule has 1 aliphatic carbocycles. The van der Waals surface area contributed by atoms with Gasteiger partial charge in [-0.15, -0.1) is 0 Å². The first-order valence-electron chi connectivity index (χ1n) is 8.84. The van der Waals surface area contributed by atoms with Gasteiger partial charge in [-0.2, -0.15) is 0 Å². The minimum atomic E-state index is -0.377. The van der Waals surface area contributed by atoms with Crippen LogP contribution in [0.25, 0.3) is 6.08 Å². The minimum Gasteiger partial charge on any atom is -0.207 e. The molecule has 0 saturated carbocycles. The highest BCUT2D eigenvalue weighted by molar-refractivity contribution is 5.52. The summed E-state index contributed by atoms with van der Waals surface area (Å²) >= 11 is 0. The molecule has 2 heteroatoms. The summed E-state index contributed by atoms with van der Waals surface area (Å²) < 4.78 is 29.0. The van der Waals surface area contributed by atoms with Gasteiger partial charge in [0.2, 0.25) is 0 Å². The third-order valence-electron chi connectivity index (χ3n) is 4.90. The van der Waals surface area contributed by atoms with Gasteiger partial charge in [0, 0.05) is 5.56 Å². The van der Waals surface area contributed by atoms with Crippen LogP contribution in [-0.2, 0) is 19.3 Å². The number of benzene rings is 2. The molecule has 1 atom stereocenters. The van der Waals surface area contributed by atoms with Gasteiger partial charge in [0.15, 0.2) is 0 Å². The molecule has 3 rings (SSSR count). The molecule has 0 bridgehead atoms. The van der Waals surface area contributed by atoms with Gasteiger partial charge in [-0.1, -0.05) is 43.7 Å². The second-order valence-corrected chi connectivity index (χ2v) is 6.69. The lowest BCUT2D eigenvalue weighted by Crippen LogP contribution is -2.16. The smallest absolute Gasteiger partial charge is 0.129 e. The van der Waals surface area contributed by atoms with Crippen LogP contribution in [0, 0.1) is 11.6 Å². The normalized spacial score (nSPS) is 17.2. The first-order valence-corrected chi connectivity index (χ1v) is 8.84. The largest absolute Gasteiger partial charge is 0.207 e. The van der Waals surface area contributed by atoms with E-state index in [9.17, 15) is 8.78 Å². The maximum Gasteiger partial charge on any atom is 0.129 e. The predicted octanol–water partition coefficient (Wildman–Crippen LogP) is 6.22. The van der Waals surface area contributed by atoms with Gasteiger partial charge in [0.1, 0.15) is 11.6 Å². The summed E-state index contributed by atoms with van der Waals surface area (Å²) in [6.45, 7) is 4.02. The highest BCUT2D eigenvalue weighted by atomic mass is 19.1. The predicted molar refractivity (Wildman–Crippen MR) is 96.3 cm³/mol. The number of aryl methyl sites for hydroxylation is 2. The molecule has 0 aliphatic heterocycles. The molecule has 0 amide bonds. The standard InChI is InChI=1S/C22H24F2/c1-3-5-15-7-8-18-14-19(10-9-17(18)11-15)22-20(23)12-16(6-4-2)13-21(22)24/h3,5,7-8,11-13,19H,4,6,9-10,14H2,1-2H3/b5-3+. The fourth-order valence-corrected chi connectivity index (χ4v) is 3.78. The average Bonchev–Trinajstić information content (AvgIpc) is 2.55. The van der Waals surface area contributed by atoms with Crippen molar-refractivity contribution in [1.82, 2.24) is 0 Å². The van der Waals surface area contributed by atoms with Gasteiger partial charge < -0.3 is 0 Å². The lowest BCUT2D eigenvalue weighted by Gasteiger charge is -2.26. The molecular weight excluding hydrogens is 302 g/mol. The number of fused-ring (bicyclic) bond motifs is 1. The maximum absolute atomic E-state index is 14.5. The van der Waals surface area contributed by atoms with E-state index in [-0.39, 0.29) is 23.1 Å². The van der Waals surface area contributed by atoms with Crippen LogP contribution in [0.3, 0.4) is 0 Å². The molecule has 0 saturated heterocycles. The van der Waals surface area contributed by atoms with Crippen LogP contribution in [0.5, 0.6) is 0 Å². The van der Waals surface area contributed by atoms with Crippen molar-refractivity contribution in [3.05, 3.63) is 75.9 Å². The zero-order valence-electron chi connectivity index (χ0n) is 14.4. The average molecular weight is 326 g/mol. The van der Waals surface area contributed by atoms with Crippen LogP contribution in [0.4, 0.5) is 8.78 Å². The molecule has 0 radical (unpaired) electrons. The molecule has 0 nitrogen and oxygen atoms in total. The van der Waals surface area contributed by atoms with Crippen LogP contribution >= 0.6 is 0 Å². The van der Waals surface area contributed by atoms with E-state index in [1.807, 2.05) is 19.9 Å². The van der Waals surface area contributed by atoms with Crippen molar-refractivity contribution >= 4 is 6.08 Å². The second-order valence-electron chi connectivity index (χ2n) is 6.69. The molecule has 126 valence electrons. The number of halogens is 2. The van der Waals surface area contributed by atoms with E-state index in [1.165, 1.54) is 28.8 Å². The quantitative estimate of drug-likeness (QED) is 0.625. The Hall–Kier alpha value is -1.96. The second kappa shape index (κ2) is 7.29. The summed E-state index contributed by atoms with van der Waals surface area (Å²) in [4.78, 5) is 0. The van der Waals surface area contributed by atoms with Crippen molar-refractivity contribution in [2.45, 2.75) is 51.9 Å². The molecule has 1 unspecified atom stereocenters. The van der Waals surface area contributed by atoms with Gasteiger partial charge in [0.05, 0.1) is 0 Å². The van der Waals surface area contributed by atoms with E-state index in [1.54, 1.807) is 0 Å². The fourth-order valence-electron chi connectivity index (χ4n) is 3.78. The first kappa shape index (κ1) is 16.9. The Kier molecular flexibility index (Phi) is 5.13. The lowest BCUT2D eigenvalue weighted by molar-refractivity contribution is 0.489. The van der Waals surface area contributed by atoms with Crippen molar-refractivity contribution in [1.29, 1.82) is 0 Å². The molecule has 0 heterocycles. The molecule has 0 fully saturated rings. The summed E-state index contributed by atoms with van der Waals surface area (Å²) in [5.41, 5.74) is 4.75. The van der Waals surface area contributed by atoms with Crippen molar-refractivity contribution in [3.63, 3.8) is 0 Å². The first-order chi connectivity index (χ1) is 11.6. The highest BCUT2D eigenvalue weighted by Gasteiger charge is 2.25.